The van der Waals surface area contributed by atoms with Gasteiger partial charge in [-0.25, -0.2) is 13.9 Å². The van der Waals surface area contributed by atoms with Crippen LogP contribution in [0.2, 0.25) is 18.1 Å². The molecular weight excluding hydrogens is 648 g/mol. The minimum absolute atomic E-state index is 0.0942. The highest BCUT2D eigenvalue weighted by Gasteiger charge is 2.38. The van der Waals surface area contributed by atoms with Crippen molar-refractivity contribution in [3.63, 3.8) is 0 Å². The number of pyridine rings is 1. The minimum atomic E-state index is -4.50. The van der Waals surface area contributed by atoms with E-state index in [2.05, 4.69) is 38.8 Å². The number of benzene rings is 1. The Morgan fingerprint density at radius 1 is 1.15 bits per heavy atom. The summed E-state index contributed by atoms with van der Waals surface area (Å²) in [5, 5.41) is -0.0942. The van der Waals surface area contributed by atoms with Gasteiger partial charge in [-0.15, -0.1) is 0 Å². The molecule has 0 fully saturated rings. The summed E-state index contributed by atoms with van der Waals surface area (Å²) >= 11 is 0. The Bertz CT molecular complexity index is 1940. The van der Waals surface area contributed by atoms with Gasteiger partial charge in [-0.05, 0) is 65.9 Å². The average molecular weight is 690 g/mol. The number of ether oxygens (including phenoxy) is 1. The lowest BCUT2D eigenvalue weighted by Gasteiger charge is -2.36. The first-order chi connectivity index (χ1) is 21.8. The lowest BCUT2D eigenvalue weighted by molar-refractivity contribution is -0.138. The third-order valence-corrected chi connectivity index (χ3v) is 15.5. The highest BCUT2D eigenvalue weighted by atomic mass is 32.2. The third-order valence-electron chi connectivity index (χ3n) is 9.28. The Labute approximate surface area is 275 Å². The molecule has 1 aliphatic heterocycles. The normalized spacial score (nSPS) is 15.1. The van der Waals surface area contributed by atoms with Crippen LogP contribution in [-0.2, 0) is 38.6 Å². The van der Waals surface area contributed by atoms with Crippen LogP contribution in [0.5, 0.6) is 0 Å². The van der Waals surface area contributed by atoms with E-state index in [0.717, 1.165) is 25.5 Å². The molecule has 0 spiro atoms. The molecule has 1 aromatic carbocycles. The van der Waals surface area contributed by atoms with Gasteiger partial charge in [0.1, 0.15) is 5.65 Å². The van der Waals surface area contributed by atoms with E-state index in [9.17, 15) is 21.6 Å². The fraction of sp³-hybridized carbons (Fsp3) is 0.455. The molecule has 0 saturated heterocycles. The molecule has 47 heavy (non-hydrogen) atoms. The van der Waals surface area contributed by atoms with Gasteiger partial charge in [0.05, 0.1) is 42.3 Å². The second-order valence-electron chi connectivity index (χ2n) is 13.5. The van der Waals surface area contributed by atoms with Crippen molar-refractivity contribution in [1.82, 2.24) is 22.6 Å². The van der Waals surface area contributed by atoms with Gasteiger partial charge in [0.25, 0.3) is 0 Å². The van der Waals surface area contributed by atoms with Crippen molar-refractivity contribution in [3.8, 4) is 11.4 Å². The highest BCUT2D eigenvalue weighted by Crippen LogP contribution is 2.39. The molecule has 5 rings (SSSR count). The van der Waals surface area contributed by atoms with E-state index in [0.29, 0.717) is 47.8 Å². The zero-order valence-corrected chi connectivity index (χ0v) is 29.9. The average Bonchev–Trinajstić information content (AvgIpc) is 3.62. The number of fused-ring (bicyclic) bond motifs is 1. The molecule has 0 bridgehead atoms. The summed E-state index contributed by atoms with van der Waals surface area (Å²) in [5.74, 6) is 0.168. The van der Waals surface area contributed by atoms with E-state index in [4.69, 9.17) is 14.1 Å². The Morgan fingerprint density at radius 2 is 1.87 bits per heavy atom. The molecule has 3 aromatic heterocycles. The number of rotatable bonds is 9. The molecule has 0 amide bonds. The predicted molar refractivity (Wildman–Crippen MR) is 179 cm³/mol. The van der Waals surface area contributed by atoms with E-state index in [1.807, 2.05) is 22.7 Å². The monoisotopic (exact) mass is 689 g/mol. The summed E-state index contributed by atoms with van der Waals surface area (Å²) in [4.78, 5) is 9.51. The van der Waals surface area contributed by atoms with Gasteiger partial charge in [0, 0.05) is 39.1 Å². The number of halogens is 3. The summed E-state index contributed by atoms with van der Waals surface area (Å²) in [7, 11) is -3.33. The van der Waals surface area contributed by atoms with Gasteiger partial charge >= 0.3 is 16.4 Å². The second kappa shape index (κ2) is 12.6. The van der Waals surface area contributed by atoms with E-state index in [1.165, 1.54) is 39.5 Å². The zero-order chi connectivity index (χ0) is 34.5. The van der Waals surface area contributed by atoms with Gasteiger partial charge < -0.3 is 13.6 Å². The van der Waals surface area contributed by atoms with Crippen LogP contribution in [0, 0.1) is 6.92 Å². The summed E-state index contributed by atoms with van der Waals surface area (Å²) in [6, 6.07) is 6.09. The van der Waals surface area contributed by atoms with Crippen molar-refractivity contribution >= 4 is 29.7 Å². The molecule has 0 unspecified atom stereocenters. The van der Waals surface area contributed by atoms with Crippen LogP contribution in [0.25, 0.3) is 22.6 Å². The molecule has 0 radical (unpaired) electrons. The topological polar surface area (TPSA) is 91.0 Å². The summed E-state index contributed by atoms with van der Waals surface area (Å²) in [5.41, 5.74) is 3.89. The summed E-state index contributed by atoms with van der Waals surface area (Å²) in [6.07, 6.45) is 2.98. The zero-order valence-electron chi connectivity index (χ0n) is 28.1. The largest absolute Gasteiger partial charge is 0.416 e. The quantitative estimate of drug-likeness (QED) is 0.174. The molecular formula is C33H42F3N5O4SSi. The maximum atomic E-state index is 14.0. The number of hydrogen-bond acceptors (Lipinski definition) is 6. The van der Waals surface area contributed by atoms with Crippen LogP contribution in [0.3, 0.4) is 0 Å². The van der Waals surface area contributed by atoms with Crippen LogP contribution in [0.15, 0.2) is 48.9 Å². The van der Waals surface area contributed by atoms with Gasteiger partial charge in [-0.2, -0.15) is 25.9 Å². The van der Waals surface area contributed by atoms with Crippen LogP contribution >= 0.6 is 0 Å². The van der Waals surface area contributed by atoms with Crippen molar-refractivity contribution in [1.29, 1.82) is 0 Å². The lowest BCUT2D eigenvalue weighted by atomic mass is 9.97. The molecule has 0 aliphatic carbocycles. The first kappa shape index (κ1) is 35.0. The van der Waals surface area contributed by atoms with Gasteiger partial charge in [0.15, 0.2) is 14.1 Å². The standard InChI is InChI=1S/C33H42F3N5O4SSi/c1-22-24(10-9-11-27(22)33(34,35)36)19-29-28(21-45-47(7,8)32(2,3)4)38-31-26(30-37-14-15-41(30)46(42,43)39(5)6)18-25(20-40(29)31)23-12-16-44-17-13-23/h9-12,14-15,18,20H,13,16-17,19,21H2,1-8H3. The van der Waals surface area contributed by atoms with Crippen molar-refractivity contribution in [3.05, 3.63) is 82.6 Å². The van der Waals surface area contributed by atoms with E-state index in [1.54, 1.807) is 6.07 Å². The Kier molecular flexibility index (Phi) is 9.40. The van der Waals surface area contributed by atoms with Crippen molar-refractivity contribution < 1.29 is 30.8 Å². The number of nitrogens with zero attached hydrogens (tertiary/aromatic N) is 5. The smallest absolute Gasteiger partial charge is 0.411 e. The SMILES string of the molecule is Cc1c(Cc2c(CO[Si](C)(C)C(C)(C)C)nc3c(-c4nccn4S(=O)(=O)N(C)C)cc(C4=CCOCC4)cn23)cccc1C(F)(F)F. The maximum absolute atomic E-state index is 14.0. The number of imidazole rings is 2. The Balaban J connectivity index is 1.80. The third kappa shape index (κ3) is 6.84. The van der Waals surface area contributed by atoms with E-state index >= 15 is 0 Å². The van der Waals surface area contributed by atoms with Crippen LogP contribution < -0.4 is 0 Å². The van der Waals surface area contributed by atoms with Gasteiger partial charge in [-0.1, -0.05) is 39.0 Å². The highest BCUT2D eigenvalue weighted by molar-refractivity contribution is 7.87. The number of alkyl halides is 3. The van der Waals surface area contributed by atoms with Crippen molar-refractivity contribution in [2.24, 2.45) is 0 Å². The van der Waals surface area contributed by atoms with Crippen molar-refractivity contribution in [2.45, 2.75) is 71.5 Å². The first-order valence-corrected chi connectivity index (χ1v) is 19.7. The first-order valence-electron chi connectivity index (χ1n) is 15.4. The molecule has 4 aromatic rings. The van der Waals surface area contributed by atoms with Crippen LogP contribution in [0.1, 0.15) is 60.8 Å². The minimum Gasteiger partial charge on any atom is -0.411 e. The second-order valence-corrected chi connectivity index (χ2v) is 20.4. The van der Waals surface area contributed by atoms with E-state index < -0.39 is 30.3 Å². The number of aromatic nitrogens is 4. The van der Waals surface area contributed by atoms with Gasteiger partial charge in [-0.3, -0.25) is 0 Å². The number of hydrogen-bond donors (Lipinski definition) is 0. The molecule has 4 heterocycles. The molecule has 1 aliphatic rings. The van der Waals surface area contributed by atoms with E-state index in [-0.39, 0.29) is 29.5 Å². The maximum Gasteiger partial charge on any atom is 0.416 e. The molecule has 254 valence electrons. The summed E-state index contributed by atoms with van der Waals surface area (Å²) in [6.45, 7) is 13.2. The van der Waals surface area contributed by atoms with Crippen LogP contribution in [0.4, 0.5) is 13.2 Å². The predicted octanol–water partition coefficient (Wildman–Crippen LogP) is 7.10. The Hall–Kier alpha value is -3.30. The molecule has 14 heteroatoms. The Morgan fingerprint density at radius 3 is 2.49 bits per heavy atom. The van der Waals surface area contributed by atoms with Crippen molar-refractivity contribution in [2.75, 3.05) is 27.3 Å². The molecule has 0 N–H and O–H groups in total. The fourth-order valence-electron chi connectivity index (χ4n) is 5.34. The molecule has 0 atom stereocenters. The summed E-state index contributed by atoms with van der Waals surface area (Å²) < 4.78 is 84.8. The van der Waals surface area contributed by atoms with Gasteiger partial charge in [0.2, 0.25) is 0 Å². The lowest BCUT2D eigenvalue weighted by Crippen LogP contribution is -2.40. The molecule has 9 nitrogen and oxygen atoms in total. The van der Waals surface area contributed by atoms with Crippen LogP contribution in [-0.4, -0.2) is 66.7 Å². The fourth-order valence-corrected chi connectivity index (χ4v) is 7.20. The molecule has 0 saturated carbocycles.